The van der Waals surface area contributed by atoms with E-state index in [-0.39, 0.29) is 11.2 Å². The molecule has 30 heavy (non-hydrogen) atoms. The zero-order chi connectivity index (χ0) is 21.6. The second-order valence-electron chi connectivity index (χ2n) is 8.76. The third kappa shape index (κ3) is 3.84. The Balaban J connectivity index is 1.86. The van der Waals surface area contributed by atoms with E-state index < -0.39 is 0 Å². The van der Waals surface area contributed by atoms with Gasteiger partial charge in [-0.3, -0.25) is 18.8 Å². The summed E-state index contributed by atoms with van der Waals surface area (Å²) in [6, 6.07) is 7.61. The Kier molecular flexibility index (Phi) is 5.59. The molecule has 3 aromatic rings. The van der Waals surface area contributed by atoms with Gasteiger partial charge in [0.2, 0.25) is 0 Å². The van der Waals surface area contributed by atoms with Crippen molar-refractivity contribution in [2.45, 2.75) is 33.4 Å². The Morgan fingerprint density at radius 3 is 2.43 bits per heavy atom. The molecule has 0 radical (unpaired) electrons. The number of halogens is 1. The van der Waals surface area contributed by atoms with Gasteiger partial charge in [-0.25, -0.2) is 9.78 Å². The summed E-state index contributed by atoms with van der Waals surface area (Å²) in [5, 5.41) is 0.650. The Labute approximate surface area is 180 Å². The van der Waals surface area contributed by atoms with E-state index in [1.807, 2.05) is 28.8 Å². The van der Waals surface area contributed by atoms with Gasteiger partial charge >= 0.3 is 5.69 Å². The highest BCUT2D eigenvalue weighted by Gasteiger charge is 2.25. The zero-order valence-electron chi connectivity index (χ0n) is 17.9. The predicted octanol–water partition coefficient (Wildman–Crippen LogP) is 2.61. The minimum atomic E-state index is -0.369. The normalized spacial score (nSPS) is 20.2. The molecule has 0 aliphatic carbocycles. The molecule has 2 aromatic heterocycles. The van der Waals surface area contributed by atoms with Gasteiger partial charge in [0, 0.05) is 38.8 Å². The minimum Gasteiger partial charge on any atom is -0.317 e. The number of benzene rings is 1. The summed E-state index contributed by atoms with van der Waals surface area (Å²) in [7, 11) is 3.17. The van der Waals surface area contributed by atoms with Crippen LogP contribution in [0, 0.1) is 11.8 Å². The van der Waals surface area contributed by atoms with Gasteiger partial charge in [0.1, 0.15) is 5.82 Å². The van der Waals surface area contributed by atoms with E-state index in [2.05, 4.69) is 18.7 Å². The lowest BCUT2D eigenvalue weighted by molar-refractivity contribution is 0.130. The van der Waals surface area contributed by atoms with Crippen LogP contribution in [0.25, 0.3) is 11.2 Å². The standard InChI is InChI=1S/C22H28ClN5O2/c1-14-8-15(2)11-27(10-14)13-18-24-20-19(21(29)26(4)22(30)25(20)3)28(18)12-16-6-5-7-17(23)9-16/h5-7,9,14-15H,8,10-13H2,1-4H3. The lowest BCUT2D eigenvalue weighted by Crippen LogP contribution is -2.39. The average Bonchev–Trinajstić information content (AvgIpc) is 3.02. The van der Waals surface area contributed by atoms with Crippen molar-refractivity contribution in [1.82, 2.24) is 23.6 Å². The number of imidazole rings is 1. The fourth-order valence-corrected chi connectivity index (χ4v) is 4.93. The Morgan fingerprint density at radius 2 is 1.77 bits per heavy atom. The van der Waals surface area contributed by atoms with E-state index in [4.69, 9.17) is 16.6 Å². The van der Waals surface area contributed by atoms with Crippen molar-refractivity contribution in [2.24, 2.45) is 25.9 Å². The molecule has 7 nitrogen and oxygen atoms in total. The molecule has 1 saturated heterocycles. The quantitative estimate of drug-likeness (QED) is 0.639. The van der Waals surface area contributed by atoms with Crippen LogP contribution in [0.4, 0.5) is 0 Å². The number of fused-ring (bicyclic) bond motifs is 1. The molecular formula is C22H28ClN5O2. The summed E-state index contributed by atoms with van der Waals surface area (Å²) < 4.78 is 4.55. The van der Waals surface area contributed by atoms with Crippen molar-refractivity contribution in [3.05, 3.63) is 61.5 Å². The molecule has 1 fully saturated rings. The third-order valence-electron chi connectivity index (χ3n) is 5.97. The zero-order valence-corrected chi connectivity index (χ0v) is 18.7. The molecule has 2 atom stereocenters. The van der Waals surface area contributed by atoms with E-state index in [0.29, 0.717) is 41.1 Å². The highest BCUT2D eigenvalue weighted by atomic mass is 35.5. The molecule has 4 rings (SSSR count). The SMILES string of the molecule is CC1CC(C)CN(Cc2nc3c(c(=O)n(C)c(=O)n3C)n2Cc2cccc(Cl)c2)C1. The second kappa shape index (κ2) is 8.04. The largest absolute Gasteiger partial charge is 0.332 e. The van der Waals surface area contributed by atoms with Crippen LogP contribution in [-0.2, 0) is 27.2 Å². The van der Waals surface area contributed by atoms with Crippen LogP contribution in [0.15, 0.2) is 33.9 Å². The van der Waals surface area contributed by atoms with E-state index in [0.717, 1.165) is 29.0 Å². The number of hydrogen-bond donors (Lipinski definition) is 0. The first-order valence-corrected chi connectivity index (χ1v) is 10.7. The summed E-state index contributed by atoms with van der Waals surface area (Å²) in [5.41, 5.74) is 1.17. The minimum absolute atomic E-state index is 0.325. The number of aromatic nitrogens is 4. The Hall–Kier alpha value is -2.38. The number of likely N-dealkylation sites (tertiary alicyclic amines) is 1. The summed E-state index contributed by atoms with van der Waals surface area (Å²) >= 11 is 6.19. The van der Waals surface area contributed by atoms with Gasteiger partial charge in [-0.2, -0.15) is 0 Å². The third-order valence-corrected chi connectivity index (χ3v) is 6.20. The molecule has 0 amide bonds. The van der Waals surface area contributed by atoms with Crippen LogP contribution >= 0.6 is 11.6 Å². The first-order chi connectivity index (χ1) is 14.2. The van der Waals surface area contributed by atoms with Crippen molar-refractivity contribution >= 4 is 22.8 Å². The van der Waals surface area contributed by atoms with Gasteiger partial charge in [0.05, 0.1) is 6.54 Å². The lowest BCUT2D eigenvalue weighted by atomic mass is 9.92. The number of hydrogen-bond acceptors (Lipinski definition) is 4. The van der Waals surface area contributed by atoms with Crippen LogP contribution in [0.2, 0.25) is 5.02 Å². The van der Waals surface area contributed by atoms with Crippen molar-refractivity contribution in [2.75, 3.05) is 13.1 Å². The molecule has 1 aliphatic rings. The van der Waals surface area contributed by atoms with E-state index in [1.165, 1.54) is 18.0 Å². The predicted molar refractivity (Wildman–Crippen MR) is 119 cm³/mol. The fraction of sp³-hybridized carbons (Fsp3) is 0.500. The van der Waals surface area contributed by atoms with E-state index in [9.17, 15) is 9.59 Å². The summed E-state index contributed by atoms with van der Waals surface area (Å²) in [6.07, 6.45) is 1.23. The molecule has 160 valence electrons. The van der Waals surface area contributed by atoms with Crippen LogP contribution in [0.3, 0.4) is 0 Å². The molecule has 8 heteroatoms. The molecule has 2 unspecified atom stereocenters. The number of piperidine rings is 1. The maximum Gasteiger partial charge on any atom is 0.332 e. The molecule has 3 heterocycles. The van der Waals surface area contributed by atoms with Gasteiger partial charge in [0.15, 0.2) is 11.2 Å². The molecule has 0 saturated carbocycles. The van der Waals surface area contributed by atoms with Gasteiger partial charge in [-0.05, 0) is 36.0 Å². The Morgan fingerprint density at radius 1 is 1.07 bits per heavy atom. The first-order valence-electron chi connectivity index (χ1n) is 10.4. The highest BCUT2D eigenvalue weighted by molar-refractivity contribution is 6.30. The van der Waals surface area contributed by atoms with Crippen molar-refractivity contribution < 1.29 is 0 Å². The summed E-state index contributed by atoms with van der Waals surface area (Å²) in [5.74, 6) is 2.04. The molecule has 0 spiro atoms. The van der Waals surface area contributed by atoms with Crippen molar-refractivity contribution in [3.8, 4) is 0 Å². The lowest BCUT2D eigenvalue weighted by Gasteiger charge is -2.34. The summed E-state index contributed by atoms with van der Waals surface area (Å²) in [6.45, 7) is 7.66. The topological polar surface area (TPSA) is 65.1 Å². The smallest absolute Gasteiger partial charge is 0.317 e. The Bertz CT molecular complexity index is 1200. The fourth-order valence-electron chi connectivity index (χ4n) is 4.72. The molecule has 0 N–H and O–H groups in total. The van der Waals surface area contributed by atoms with Gasteiger partial charge in [-0.15, -0.1) is 0 Å². The van der Waals surface area contributed by atoms with Crippen LogP contribution in [0.5, 0.6) is 0 Å². The maximum atomic E-state index is 13.0. The molecule has 1 aromatic carbocycles. The van der Waals surface area contributed by atoms with Crippen LogP contribution in [-0.4, -0.2) is 36.7 Å². The molecular weight excluding hydrogens is 402 g/mol. The van der Waals surface area contributed by atoms with E-state index in [1.54, 1.807) is 7.05 Å². The van der Waals surface area contributed by atoms with Gasteiger partial charge in [0.25, 0.3) is 5.56 Å². The molecule has 0 bridgehead atoms. The maximum absolute atomic E-state index is 13.0. The number of nitrogens with zero attached hydrogens (tertiary/aromatic N) is 5. The highest BCUT2D eigenvalue weighted by Crippen LogP contribution is 2.24. The van der Waals surface area contributed by atoms with Crippen molar-refractivity contribution in [1.29, 1.82) is 0 Å². The number of rotatable bonds is 4. The average molecular weight is 430 g/mol. The van der Waals surface area contributed by atoms with E-state index >= 15 is 0 Å². The summed E-state index contributed by atoms with van der Waals surface area (Å²) in [4.78, 5) is 32.7. The van der Waals surface area contributed by atoms with Crippen LogP contribution in [0.1, 0.15) is 31.7 Å². The first kappa shape index (κ1) is 20.9. The van der Waals surface area contributed by atoms with Gasteiger partial charge in [-0.1, -0.05) is 37.6 Å². The second-order valence-corrected chi connectivity index (χ2v) is 9.20. The van der Waals surface area contributed by atoms with Crippen molar-refractivity contribution in [3.63, 3.8) is 0 Å². The molecule has 1 aliphatic heterocycles. The monoisotopic (exact) mass is 429 g/mol. The van der Waals surface area contributed by atoms with Crippen LogP contribution < -0.4 is 11.2 Å². The number of aryl methyl sites for hydroxylation is 1. The van der Waals surface area contributed by atoms with Gasteiger partial charge < -0.3 is 4.57 Å².